The maximum atomic E-state index is 11.6. The predicted octanol–water partition coefficient (Wildman–Crippen LogP) is 1.85. The molecule has 1 aromatic rings. The average molecular weight is 161 g/mol. The first kappa shape index (κ1) is 7.47. The lowest BCUT2D eigenvalue weighted by Crippen LogP contribution is -2.21. The van der Waals surface area contributed by atoms with Crippen molar-refractivity contribution < 1.29 is 4.79 Å². The molecule has 1 aliphatic carbocycles. The minimum atomic E-state index is 0.160. The number of hydrogen-bond donors (Lipinski definition) is 0. The molecule has 0 radical (unpaired) electrons. The third-order valence-electron chi connectivity index (χ3n) is 2.42. The highest BCUT2D eigenvalue weighted by Gasteiger charge is 2.24. The minimum absolute atomic E-state index is 0.160. The third-order valence-corrected chi connectivity index (χ3v) is 2.42. The van der Waals surface area contributed by atoms with E-state index in [0.717, 1.165) is 18.4 Å². The zero-order chi connectivity index (χ0) is 8.55. The molecule has 12 heavy (non-hydrogen) atoms. The molecule has 0 saturated heterocycles. The summed E-state index contributed by atoms with van der Waals surface area (Å²) in [5.41, 5.74) is 1.80. The van der Waals surface area contributed by atoms with Crippen molar-refractivity contribution in [1.29, 1.82) is 0 Å². The van der Waals surface area contributed by atoms with Crippen molar-refractivity contribution in [2.75, 3.05) is 0 Å². The fourth-order valence-electron chi connectivity index (χ4n) is 1.60. The van der Waals surface area contributed by atoms with Gasteiger partial charge in [0.15, 0.2) is 5.78 Å². The van der Waals surface area contributed by atoms with E-state index < -0.39 is 0 Å². The molecule has 0 unspecified atom stereocenters. The van der Waals surface area contributed by atoms with Gasteiger partial charge in [0.2, 0.25) is 0 Å². The molecule has 1 aromatic heterocycles. The summed E-state index contributed by atoms with van der Waals surface area (Å²) in [6, 6.07) is 3.88. The summed E-state index contributed by atoms with van der Waals surface area (Å²) in [7, 11) is 0. The number of carbonyl (C=O) groups excluding carboxylic acids is 1. The van der Waals surface area contributed by atoms with Gasteiger partial charge in [-0.05, 0) is 24.5 Å². The van der Waals surface area contributed by atoms with E-state index in [1.165, 1.54) is 0 Å². The second-order valence-electron chi connectivity index (χ2n) is 3.32. The number of hydrogen-bond acceptors (Lipinski definition) is 2. The van der Waals surface area contributed by atoms with Gasteiger partial charge in [-0.15, -0.1) is 0 Å². The second kappa shape index (κ2) is 2.70. The zero-order valence-corrected chi connectivity index (χ0v) is 7.08. The van der Waals surface area contributed by atoms with Crippen LogP contribution in [-0.4, -0.2) is 10.8 Å². The maximum absolute atomic E-state index is 11.6. The van der Waals surface area contributed by atoms with E-state index in [9.17, 15) is 4.79 Å². The van der Waals surface area contributed by atoms with Crippen LogP contribution in [0.5, 0.6) is 0 Å². The van der Waals surface area contributed by atoms with Crippen molar-refractivity contribution in [2.45, 2.75) is 19.8 Å². The van der Waals surface area contributed by atoms with E-state index in [4.69, 9.17) is 0 Å². The lowest BCUT2D eigenvalue weighted by Gasteiger charge is -2.18. The molecule has 0 spiro atoms. The first-order valence-electron chi connectivity index (χ1n) is 4.27. The third kappa shape index (κ3) is 1.04. The van der Waals surface area contributed by atoms with Crippen LogP contribution in [0, 0.1) is 5.92 Å². The van der Waals surface area contributed by atoms with Crippen LogP contribution in [0.25, 0.3) is 0 Å². The predicted molar refractivity (Wildman–Crippen MR) is 46.1 cm³/mol. The molecule has 2 rings (SSSR count). The van der Waals surface area contributed by atoms with Gasteiger partial charge in [-0.1, -0.05) is 13.0 Å². The number of fused-ring (bicyclic) bond motifs is 1. The van der Waals surface area contributed by atoms with Gasteiger partial charge in [-0.2, -0.15) is 0 Å². The van der Waals surface area contributed by atoms with Gasteiger partial charge in [0, 0.05) is 12.1 Å². The van der Waals surface area contributed by atoms with E-state index in [-0.39, 0.29) is 11.7 Å². The number of Topliss-reactive ketones (excluding diaryl/α,β-unsaturated/α-hetero) is 1. The van der Waals surface area contributed by atoms with Crippen LogP contribution < -0.4 is 0 Å². The topological polar surface area (TPSA) is 30.0 Å². The summed E-state index contributed by atoms with van der Waals surface area (Å²) in [6.07, 6.45) is 3.66. The van der Waals surface area contributed by atoms with E-state index in [0.29, 0.717) is 5.69 Å². The fourth-order valence-corrected chi connectivity index (χ4v) is 1.60. The Bertz CT molecular complexity index is 319. The van der Waals surface area contributed by atoms with Gasteiger partial charge in [-0.3, -0.25) is 9.78 Å². The molecular weight excluding hydrogens is 150 g/mol. The molecule has 0 bridgehead atoms. The van der Waals surface area contributed by atoms with Crippen molar-refractivity contribution in [3.8, 4) is 0 Å². The van der Waals surface area contributed by atoms with Gasteiger partial charge < -0.3 is 0 Å². The quantitative estimate of drug-likeness (QED) is 0.581. The zero-order valence-electron chi connectivity index (χ0n) is 7.08. The Kier molecular flexibility index (Phi) is 1.68. The standard InChI is InChI=1S/C10H11NO/c1-7-4-5-8-3-2-6-11-9(8)10(7)12/h2-3,6-7H,4-5H2,1H3/t7-/m1/s1. The maximum Gasteiger partial charge on any atom is 0.184 e. The van der Waals surface area contributed by atoms with Crippen LogP contribution in [0.2, 0.25) is 0 Å². The smallest absolute Gasteiger partial charge is 0.184 e. The lowest BCUT2D eigenvalue weighted by molar-refractivity contribution is 0.0908. The molecule has 2 heteroatoms. The van der Waals surface area contributed by atoms with Crippen LogP contribution in [-0.2, 0) is 6.42 Å². The Balaban J connectivity index is 2.49. The normalized spacial score (nSPS) is 22.1. The number of ketones is 1. The average Bonchev–Trinajstić information content (AvgIpc) is 2.12. The highest BCUT2D eigenvalue weighted by atomic mass is 16.1. The van der Waals surface area contributed by atoms with Gasteiger partial charge in [0.1, 0.15) is 5.69 Å². The Hall–Kier alpha value is -1.18. The first-order valence-corrected chi connectivity index (χ1v) is 4.27. The van der Waals surface area contributed by atoms with Crippen molar-refractivity contribution in [3.05, 3.63) is 29.6 Å². The highest BCUT2D eigenvalue weighted by molar-refractivity contribution is 5.98. The minimum Gasteiger partial charge on any atom is -0.292 e. The van der Waals surface area contributed by atoms with Gasteiger partial charge in [0.05, 0.1) is 0 Å². The Labute approximate surface area is 71.6 Å². The molecule has 0 amide bonds. The molecule has 0 aromatic carbocycles. The summed E-state index contributed by atoms with van der Waals surface area (Å²) in [5, 5.41) is 0. The molecule has 1 heterocycles. The summed E-state index contributed by atoms with van der Waals surface area (Å²) in [4.78, 5) is 15.7. The number of rotatable bonds is 0. The van der Waals surface area contributed by atoms with Gasteiger partial charge >= 0.3 is 0 Å². The number of carbonyl (C=O) groups is 1. The van der Waals surface area contributed by atoms with E-state index in [1.807, 2.05) is 19.1 Å². The molecule has 62 valence electrons. The van der Waals surface area contributed by atoms with Gasteiger partial charge in [-0.25, -0.2) is 0 Å². The molecule has 0 fully saturated rings. The number of pyridine rings is 1. The number of aromatic nitrogens is 1. The van der Waals surface area contributed by atoms with Crippen molar-refractivity contribution in [1.82, 2.24) is 4.98 Å². The molecule has 0 saturated carbocycles. The number of aryl methyl sites for hydroxylation is 1. The summed E-state index contributed by atoms with van der Waals surface area (Å²) in [6.45, 7) is 1.97. The van der Waals surface area contributed by atoms with Crippen molar-refractivity contribution in [3.63, 3.8) is 0 Å². The van der Waals surface area contributed by atoms with Crippen molar-refractivity contribution >= 4 is 5.78 Å². The van der Waals surface area contributed by atoms with Crippen LogP contribution >= 0.6 is 0 Å². The van der Waals surface area contributed by atoms with Crippen LogP contribution in [0.15, 0.2) is 18.3 Å². The second-order valence-corrected chi connectivity index (χ2v) is 3.32. The van der Waals surface area contributed by atoms with Crippen LogP contribution in [0.4, 0.5) is 0 Å². The Morgan fingerprint density at radius 3 is 3.25 bits per heavy atom. The SMILES string of the molecule is C[C@@H]1CCc2cccnc2C1=O. The van der Waals surface area contributed by atoms with Crippen LogP contribution in [0.3, 0.4) is 0 Å². The van der Waals surface area contributed by atoms with E-state index >= 15 is 0 Å². The van der Waals surface area contributed by atoms with Crippen molar-refractivity contribution in [2.24, 2.45) is 5.92 Å². The Morgan fingerprint density at radius 1 is 1.58 bits per heavy atom. The Morgan fingerprint density at radius 2 is 2.42 bits per heavy atom. The molecule has 0 N–H and O–H groups in total. The molecule has 2 nitrogen and oxygen atoms in total. The van der Waals surface area contributed by atoms with E-state index in [1.54, 1.807) is 6.20 Å². The first-order chi connectivity index (χ1) is 5.79. The van der Waals surface area contributed by atoms with E-state index in [2.05, 4.69) is 4.98 Å². The largest absolute Gasteiger partial charge is 0.292 e. The summed E-state index contributed by atoms with van der Waals surface area (Å²) >= 11 is 0. The summed E-state index contributed by atoms with van der Waals surface area (Å²) in [5.74, 6) is 0.365. The molecular formula is C10H11NO. The lowest BCUT2D eigenvalue weighted by atomic mass is 9.87. The van der Waals surface area contributed by atoms with Gasteiger partial charge in [0.25, 0.3) is 0 Å². The number of nitrogens with zero attached hydrogens (tertiary/aromatic N) is 1. The molecule has 0 aliphatic heterocycles. The fraction of sp³-hybridized carbons (Fsp3) is 0.400. The summed E-state index contributed by atoms with van der Waals surface area (Å²) < 4.78 is 0. The van der Waals surface area contributed by atoms with Crippen LogP contribution in [0.1, 0.15) is 29.4 Å². The molecule has 1 atom stereocenters. The monoisotopic (exact) mass is 161 g/mol. The molecule has 1 aliphatic rings. The highest BCUT2D eigenvalue weighted by Crippen LogP contribution is 2.22.